The Morgan fingerprint density at radius 2 is 1.09 bits per heavy atom. The summed E-state index contributed by atoms with van der Waals surface area (Å²) in [5.41, 5.74) is 1.69. The molecular weight excluding hydrogens is 1010 g/mol. The molecule has 0 heterocycles. The van der Waals surface area contributed by atoms with Crippen molar-refractivity contribution in [2.45, 2.75) is 126 Å². The number of carbonyl (C=O) groups excluding carboxylic acids is 7. The number of methoxy groups -OCH3 is 2. The van der Waals surface area contributed by atoms with Crippen LogP contribution in [0.25, 0.3) is 0 Å². The van der Waals surface area contributed by atoms with E-state index in [4.69, 9.17) is 9.47 Å². The molecule has 0 spiro atoms. The van der Waals surface area contributed by atoms with Gasteiger partial charge in [-0.1, -0.05) is 92.8 Å². The zero-order valence-corrected chi connectivity index (χ0v) is 43.6. The van der Waals surface area contributed by atoms with Gasteiger partial charge in [0.2, 0.25) is 41.4 Å². The van der Waals surface area contributed by atoms with Crippen LogP contribution in [0.15, 0.2) is 78.9 Å². The van der Waals surface area contributed by atoms with E-state index in [9.17, 15) is 58.5 Å². The van der Waals surface area contributed by atoms with Gasteiger partial charge in [0.05, 0.1) is 20.6 Å². The summed E-state index contributed by atoms with van der Waals surface area (Å²) < 4.78 is 10.8. The lowest BCUT2D eigenvalue weighted by Crippen LogP contribution is -2.61. The van der Waals surface area contributed by atoms with E-state index < -0.39 is 134 Å². The molecule has 6 atom stereocenters. The second-order valence-corrected chi connectivity index (χ2v) is 18.8. The number of aliphatic carboxylic acids is 3. The minimum atomic E-state index is -1.74. The molecule has 7 amide bonds. The van der Waals surface area contributed by atoms with Crippen molar-refractivity contribution in [1.82, 2.24) is 37.2 Å². The van der Waals surface area contributed by atoms with Crippen molar-refractivity contribution in [3.63, 3.8) is 0 Å². The van der Waals surface area contributed by atoms with Gasteiger partial charge in [-0.05, 0) is 66.5 Å². The van der Waals surface area contributed by atoms with Gasteiger partial charge in [0.15, 0.2) is 0 Å². The number of hydrogen-bond acceptors (Lipinski definition) is 13. The Bertz CT molecular complexity index is 2420. The molecule has 0 aromatic heterocycles. The molecule has 1 aliphatic carbocycles. The molecule has 23 heteroatoms. The molecule has 412 valence electrons. The van der Waals surface area contributed by atoms with Crippen LogP contribution in [-0.4, -0.2) is 137 Å². The molecule has 0 unspecified atom stereocenters. The van der Waals surface area contributed by atoms with Gasteiger partial charge in [-0.3, -0.25) is 47.9 Å². The Balaban J connectivity index is 1.69. The number of carboxylic acids is 3. The Kier molecular flexibility index (Phi) is 25.0. The van der Waals surface area contributed by atoms with E-state index in [0.29, 0.717) is 29.0 Å². The molecule has 0 bridgehead atoms. The van der Waals surface area contributed by atoms with Crippen molar-refractivity contribution in [2.24, 2.45) is 5.92 Å². The molecule has 3 aromatic carbocycles. The Morgan fingerprint density at radius 1 is 0.579 bits per heavy atom. The summed E-state index contributed by atoms with van der Waals surface area (Å²) in [6.45, 7) is 1.19. The Morgan fingerprint density at radius 3 is 1.61 bits per heavy atom. The van der Waals surface area contributed by atoms with Gasteiger partial charge >= 0.3 is 17.9 Å². The highest BCUT2D eigenvalue weighted by Gasteiger charge is 2.39. The third-order valence-electron chi connectivity index (χ3n) is 12.8. The van der Waals surface area contributed by atoms with Gasteiger partial charge in [-0.2, -0.15) is 12.6 Å². The average Bonchev–Trinajstić information content (AvgIpc) is 3.39. The van der Waals surface area contributed by atoms with E-state index in [0.717, 1.165) is 44.6 Å². The first-order valence-electron chi connectivity index (χ1n) is 25.0. The monoisotopic (exact) mass is 1080 g/mol. The predicted molar refractivity (Wildman–Crippen MR) is 279 cm³/mol. The zero-order valence-electron chi connectivity index (χ0n) is 42.7. The van der Waals surface area contributed by atoms with E-state index in [-0.39, 0.29) is 24.6 Å². The first kappa shape index (κ1) is 60.9. The maximum atomic E-state index is 15.0. The average molecular weight is 1080 g/mol. The number of thiol groups is 1. The van der Waals surface area contributed by atoms with E-state index in [2.05, 4.69) is 49.8 Å². The van der Waals surface area contributed by atoms with E-state index >= 15 is 4.79 Å². The van der Waals surface area contributed by atoms with Crippen molar-refractivity contribution in [1.29, 1.82) is 0 Å². The standard InChI is InChI=1S/C53H69N7O15S/c1-31(61)55-40(29-45(66)67)52(72)56-38(21-24-44(64)65)50(70)60-47(46(33-15-9-5-10-16-33)34-17-11-6-12-18-34)53(73)57-37(20-23-43(62)63)49(69)58-39(27-32-13-7-4-8-14-32)51(71)59-41(30-76)48(68)54-26-25-35-28-36(74-2)19-22-42(35)75-3/h5-6,9-12,15-19,22,28,32,37-41,46-47,76H,4,7-8,13-14,20-21,23-27,29-30H2,1-3H3,(H,54,68)(H,55,61)(H,56,72)(H,57,73)(H,58,69)(H,59,71)(H,60,70)(H,62,63)(H,64,65)(H,66,67)/t37-,38-,39-,40-,41-,47-/m0/s1. The van der Waals surface area contributed by atoms with Crippen molar-refractivity contribution in [3.05, 3.63) is 95.6 Å². The van der Waals surface area contributed by atoms with Crippen LogP contribution >= 0.6 is 12.6 Å². The first-order valence-corrected chi connectivity index (χ1v) is 25.6. The van der Waals surface area contributed by atoms with Gasteiger partial charge in [0.1, 0.15) is 47.8 Å². The molecule has 1 saturated carbocycles. The van der Waals surface area contributed by atoms with Gasteiger partial charge < -0.3 is 62.0 Å². The van der Waals surface area contributed by atoms with E-state index in [1.54, 1.807) is 78.9 Å². The topological polar surface area (TPSA) is 334 Å². The normalized spacial score (nSPS) is 14.7. The number of carboxylic acid groups (broad SMARTS) is 3. The van der Waals surface area contributed by atoms with Crippen LogP contribution < -0.4 is 46.7 Å². The van der Waals surface area contributed by atoms with Gasteiger partial charge in [0.25, 0.3) is 0 Å². The molecule has 3 aromatic rings. The summed E-state index contributed by atoms with van der Waals surface area (Å²) >= 11 is 4.34. The molecule has 1 fully saturated rings. The molecule has 0 aliphatic heterocycles. The minimum Gasteiger partial charge on any atom is -0.497 e. The lowest BCUT2D eigenvalue weighted by Gasteiger charge is -2.32. The van der Waals surface area contributed by atoms with Crippen LogP contribution in [0.3, 0.4) is 0 Å². The number of ether oxygens (including phenoxy) is 2. The number of hydrogen-bond donors (Lipinski definition) is 11. The highest BCUT2D eigenvalue weighted by atomic mass is 32.1. The van der Waals surface area contributed by atoms with Crippen LogP contribution in [0.2, 0.25) is 0 Å². The second-order valence-electron chi connectivity index (χ2n) is 18.4. The van der Waals surface area contributed by atoms with Crippen LogP contribution in [0.4, 0.5) is 0 Å². The van der Waals surface area contributed by atoms with Crippen LogP contribution in [-0.2, 0) is 54.4 Å². The minimum absolute atomic E-state index is 0.0257. The summed E-state index contributed by atoms with van der Waals surface area (Å²) in [6.07, 6.45) is 1.40. The number of rotatable bonds is 31. The molecule has 10 N–H and O–H groups in total. The summed E-state index contributed by atoms with van der Waals surface area (Å²) in [5, 5.41) is 46.9. The highest BCUT2D eigenvalue weighted by Crippen LogP contribution is 2.30. The predicted octanol–water partition coefficient (Wildman–Crippen LogP) is 2.23. The molecule has 22 nitrogen and oxygen atoms in total. The quantitative estimate of drug-likeness (QED) is 0.0412. The number of benzene rings is 3. The van der Waals surface area contributed by atoms with Gasteiger partial charge in [0, 0.05) is 38.0 Å². The molecule has 0 radical (unpaired) electrons. The molecule has 1 aliphatic rings. The third-order valence-corrected chi connectivity index (χ3v) is 13.2. The fraction of sp³-hybridized carbons (Fsp3) is 0.472. The van der Waals surface area contributed by atoms with Gasteiger partial charge in [-0.15, -0.1) is 0 Å². The van der Waals surface area contributed by atoms with Gasteiger partial charge in [-0.25, -0.2) is 0 Å². The molecule has 0 saturated heterocycles. The van der Waals surface area contributed by atoms with Crippen molar-refractivity contribution in [3.8, 4) is 11.5 Å². The fourth-order valence-electron chi connectivity index (χ4n) is 8.94. The summed E-state index contributed by atoms with van der Waals surface area (Å²) in [5.74, 6) is -10.5. The third kappa shape index (κ3) is 19.9. The SMILES string of the molecule is COc1ccc(OC)c(CCNC(=O)[C@H](CS)NC(=O)[C@H](CC2CCCCC2)NC(=O)[C@H](CCC(=O)O)NC(=O)[C@@H](NC(=O)[C@H](CCC(=O)O)NC(=O)[C@H](CC(=O)O)NC(C)=O)C(c2ccccc2)c2ccccc2)c1. The van der Waals surface area contributed by atoms with Crippen LogP contribution in [0, 0.1) is 5.92 Å². The second kappa shape index (κ2) is 31.3. The number of nitrogens with one attached hydrogen (secondary N) is 7. The highest BCUT2D eigenvalue weighted by molar-refractivity contribution is 7.80. The first-order chi connectivity index (χ1) is 36.3. The lowest BCUT2D eigenvalue weighted by atomic mass is 9.84. The van der Waals surface area contributed by atoms with Crippen LogP contribution in [0.1, 0.15) is 100 Å². The zero-order chi connectivity index (χ0) is 55.7. The summed E-state index contributed by atoms with van der Waals surface area (Å²) in [7, 11) is 3.04. The van der Waals surface area contributed by atoms with Crippen molar-refractivity contribution in [2.75, 3.05) is 26.5 Å². The largest absolute Gasteiger partial charge is 0.497 e. The lowest BCUT2D eigenvalue weighted by molar-refractivity contribution is -0.141. The number of amides is 7. The van der Waals surface area contributed by atoms with Crippen LogP contribution in [0.5, 0.6) is 11.5 Å². The Labute approximate surface area is 446 Å². The summed E-state index contributed by atoms with van der Waals surface area (Å²) in [4.78, 5) is 133. The molecule has 76 heavy (non-hydrogen) atoms. The smallest absolute Gasteiger partial charge is 0.305 e. The van der Waals surface area contributed by atoms with Crippen molar-refractivity contribution < 1.29 is 72.7 Å². The number of carbonyl (C=O) groups is 10. The maximum absolute atomic E-state index is 15.0. The van der Waals surface area contributed by atoms with E-state index in [1.807, 2.05) is 0 Å². The maximum Gasteiger partial charge on any atom is 0.305 e. The Hall–Kier alpha value is -7.69. The van der Waals surface area contributed by atoms with Crippen molar-refractivity contribution >= 4 is 71.9 Å². The molecule has 4 rings (SSSR count). The van der Waals surface area contributed by atoms with E-state index in [1.165, 1.54) is 14.2 Å². The summed E-state index contributed by atoms with van der Waals surface area (Å²) in [6, 6.07) is 12.8. The molecular formula is C53H69N7O15S. The fourth-order valence-corrected chi connectivity index (χ4v) is 9.19.